The third-order valence-electron chi connectivity index (χ3n) is 9.97. The summed E-state index contributed by atoms with van der Waals surface area (Å²) >= 11 is 0. The first-order chi connectivity index (χ1) is 19.8. The van der Waals surface area contributed by atoms with Gasteiger partial charge in [-0.1, -0.05) is 64.7 Å². The van der Waals surface area contributed by atoms with Gasteiger partial charge in [0.1, 0.15) is 6.79 Å². The quantitative estimate of drug-likeness (QED) is 0.0607. The normalized spacial score (nSPS) is 28.5. The Morgan fingerprint density at radius 1 is 0.675 bits per heavy atom. The first-order valence-corrected chi connectivity index (χ1v) is 17.5. The molecule has 0 radical (unpaired) electrons. The van der Waals surface area contributed by atoms with Crippen LogP contribution in [0.1, 0.15) is 155 Å². The lowest BCUT2D eigenvalue weighted by Crippen LogP contribution is -2.32. The topological polar surface area (TPSA) is 66.4 Å². The summed E-state index contributed by atoms with van der Waals surface area (Å²) in [6.07, 6.45) is 28.7. The molecule has 2 aliphatic carbocycles. The molecule has 1 heterocycles. The molecule has 6 nitrogen and oxygen atoms in total. The van der Waals surface area contributed by atoms with Gasteiger partial charge < -0.3 is 18.9 Å². The fourth-order valence-corrected chi connectivity index (χ4v) is 7.31. The molecule has 3 fully saturated rings. The van der Waals surface area contributed by atoms with Gasteiger partial charge >= 0.3 is 0 Å². The zero-order chi connectivity index (χ0) is 28.1. The molecule has 40 heavy (non-hydrogen) atoms. The van der Waals surface area contributed by atoms with Crippen LogP contribution in [0.2, 0.25) is 0 Å². The van der Waals surface area contributed by atoms with Crippen molar-refractivity contribution in [2.75, 3.05) is 26.6 Å². The maximum absolute atomic E-state index is 9.54. The van der Waals surface area contributed by atoms with Crippen molar-refractivity contribution in [1.82, 2.24) is 0 Å². The Balaban J connectivity index is 1.11. The van der Waals surface area contributed by atoms with E-state index in [1.807, 2.05) is 0 Å². The summed E-state index contributed by atoms with van der Waals surface area (Å²) in [4.78, 5) is 4.98. The maximum atomic E-state index is 9.54. The summed E-state index contributed by atoms with van der Waals surface area (Å²) in [6.45, 7) is 5.22. The molecule has 2 unspecified atom stereocenters. The Labute approximate surface area is 246 Å². The molecule has 0 aromatic rings. The van der Waals surface area contributed by atoms with E-state index in [9.17, 15) is 5.26 Å². The summed E-state index contributed by atoms with van der Waals surface area (Å²) in [7, 11) is 0. The van der Waals surface area contributed by atoms with Crippen LogP contribution in [-0.2, 0) is 23.8 Å². The molecule has 0 bridgehead atoms. The van der Waals surface area contributed by atoms with Crippen LogP contribution in [-0.4, -0.2) is 50.4 Å². The number of hydrogen-bond donors (Lipinski definition) is 1. The predicted octanol–water partition coefficient (Wildman–Crippen LogP) is 9.44. The second-order valence-corrected chi connectivity index (χ2v) is 13.0. The van der Waals surface area contributed by atoms with Crippen LogP contribution in [0.25, 0.3) is 0 Å². The molecule has 1 aliphatic heterocycles. The SMILES string of the molecule is CCCCCCCCC(OO)C1CCC(C2CCC(OCOCCCCCCCOC3CCCCO3)CC2)CC1. The second kappa shape index (κ2) is 22.3. The summed E-state index contributed by atoms with van der Waals surface area (Å²) in [6, 6.07) is 0. The first-order valence-electron chi connectivity index (χ1n) is 17.5. The van der Waals surface area contributed by atoms with Crippen molar-refractivity contribution in [3.63, 3.8) is 0 Å². The Hall–Kier alpha value is -0.240. The van der Waals surface area contributed by atoms with Gasteiger partial charge in [0.25, 0.3) is 0 Å². The standard InChI is InChI=1S/C34H64O6/c1-2-3-4-5-7-10-15-33(40-35)31-19-17-29(18-20-31)30-21-23-32(24-22-30)39-28-36-25-12-8-6-9-13-26-37-34-16-11-14-27-38-34/h29-35H,2-28H2,1H3. The number of hydrogen-bond acceptors (Lipinski definition) is 6. The van der Waals surface area contributed by atoms with Crippen LogP contribution in [0.15, 0.2) is 0 Å². The number of unbranched alkanes of at least 4 members (excludes halogenated alkanes) is 9. The maximum Gasteiger partial charge on any atom is 0.157 e. The molecular formula is C34H64O6. The fourth-order valence-electron chi connectivity index (χ4n) is 7.31. The monoisotopic (exact) mass is 568 g/mol. The lowest BCUT2D eigenvalue weighted by molar-refractivity contribution is -0.294. The van der Waals surface area contributed by atoms with E-state index in [0.717, 1.165) is 57.3 Å². The fraction of sp³-hybridized carbons (Fsp3) is 1.00. The third-order valence-corrected chi connectivity index (χ3v) is 9.97. The summed E-state index contributed by atoms with van der Waals surface area (Å²) in [5.74, 6) is 2.26. The minimum absolute atomic E-state index is 0.0531. The largest absolute Gasteiger partial charge is 0.355 e. The summed E-state index contributed by atoms with van der Waals surface area (Å²) < 4.78 is 23.3. The van der Waals surface area contributed by atoms with Gasteiger partial charge in [0.2, 0.25) is 0 Å². The molecule has 236 valence electrons. The van der Waals surface area contributed by atoms with Gasteiger partial charge in [-0.05, 0) is 108 Å². The smallest absolute Gasteiger partial charge is 0.157 e. The van der Waals surface area contributed by atoms with E-state index < -0.39 is 0 Å². The van der Waals surface area contributed by atoms with Gasteiger partial charge in [0.15, 0.2) is 6.29 Å². The van der Waals surface area contributed by atoms with E-state index >= 15 is 0 Å². The van der Waals surface area contributed by atoms with Crippen LogP contribution in [0, 0.1) is 17.8 Å². The molecule has 6 heteroatoms. The van der Waals surface area contributed by atoms with Crippen LogP contribution >= 0.6 is 0 Å². The van der Waals surface area contributed by atoms with Crippen LogP contribution < -0.4 is 0 Å². The zero-order valence-corrected chi connectivity index (χ0v) is 26.0. The highest BCUT2D eigenvalue weighted by Gasteiger charge is 2.34. The highest BCUT2D eigenvalue weighted by atomic mass is 17.1. The Morgan fingerprint density at radius 2 is 1.32 bits per heavy atom. The molecule has 2 atom stereocenters. The minimum Gasteiger partial charge on any atom is -0.355 e. The summed E-state index contributed by atoms with van der Waals surface area (Å²) in [5.41, 5.74) is 0. The van der Waals surface area contributed by atoms with E-state index in [4.69, 9.17) is 23.8 Å². The van der Waals surface area contributed by atoms with Gasteiger partial charge in [-0.15, -0.1) is 0 Å². The molecule has 1 saturated heterocycles. The van der Waals surface area contributed by atoms with Gasteiger partial charge in [0, 0.05) is 19.8 Å². The van der Waals surface area contributed by atoms with Crippen LogP contribution in [0.4, 0.5) is 0 Å². The molecule has 3 rings (SSSR count). The van der Waals surface area contributed by atoms with Gasteiger partial charge in [-0.25, -0.2) is 4.89 Å². The molecule has 0 spiro atoms. The van der Waals surface area contributed by atoms with Crippen molar-refractivity contribution in [3.8, 4) is 0 Å². The first kappa shape index (κ1) is 34.3. The molecule has 2 saturated carbocycles. The van der Waals surface area contributed by atoms with Crippen molar-refractivity contribution >= 4 is 0 Å². The van der Waals surface area contributed by atoms with Gasteiger partial charge in [-0.2, -0.15) is 0 Å². The molecule has 0 aromatic carbocycles. The molecule has 1 N–H and O–H groups in total. The van der Waals surface area contributed by atoms with Gasteiger partial charge in [-0.3, -0.25) is 5.26 Å². The van der Waals surface area contributed by atoms with Crippen molar-refractivity contribution in [3.05, 3.63) is 0 Å². The van der Waals surface area contributed by atoms with E-state index in [0.29, 0.717) is 18.8 Å². The lowest BCUT2D eigenvalue weighted by atomic mass is 9.69. The predicted molar refractivity (Wildman–Crippen MR) is 161 cm³/mol. The molecule has 0 aromatic heterocycles. The average molecular weight is 569 g/mol. The second-order valence-electron chi connectivity index (χ2n) is 13.0. The Kier molecular flexibility index (Phi) is 19.1. The number of ether oxygens (including phenoxy) is 4. The Morgan fingerprint density at radius 3 is 2.00 bits per heavy atom. The van der Waals surface area contributed by atoms with Crippen molar-refractivity contribution in [1.29, 1.82) is 0 Å². The highest BCUT2D eigenvalue weighted by molar-refractivity contribution is 4.84. The van der Waals surface area contributed by atoms with E-state index in [2.05, 4.69) is 6.92 Å². The van der Waals surface area contributed by atoms with Crippen molar-refractivity contribution in [2.45, 2.75) is 173 Å². The lowest BCUT2D eigenvalue weighted by Gasteiger charge is -2.39. The van der Waals surface area contributed by atoms with E-state index in [-0.39, 0.29) is 12.4 Å². The van der Waals surface area contributed by atoms with E-state index in [1.54, 1.807) is 0 Å². The van der Waals surface area contributed by atoms with Crippen molar-refractivity contribution < 1.29 is 29.1 Å². The summed E-state index contributed by atoms with van der Waals surface area (Å²) in [5, 5.41) is 9.54. The van der Waals surface area contributed by atoms with Crippen molar-refractivity contribution in [2.24, 2.45) is 17.8 Å². The van der Waals surface area contributed by atoms with Crippen LogP contribution in [0.3, 0.4) is 0 Å². The molecule has 0 amide bonds. The highest BCUT2D eigenvalue weighted by Crippen LogP contribution is 2.42. The molecule has 3 aliphatic rings. The van der Waals surface area contributed by atoms with E-state index in [1.165, 1.54) is 122 Å². The average Bonchev–Trinajstić information content (AvgIpc) is 3.00. The molecular weight excluding hydrogens is 504 g/mol. The van der Waals surface area contributed by atoms with Crippen LogP contribution in [0.5, 0.6) is 0 Å². The Bertz CT molecular complexity index is 567. The third kappa shape index (κ3) is 14.3. The zero-order valence-electron chi connectivity index (χ0n) is 26.0. The number of rotatable bonds is 22. The van der Waals surface area contributed by atoms with Gasteiger partial charge in [0.05, 0.1) is 12.2 Å². The minimum atomic E-state index is 0.0531.